The summed E-state index contributed by atoms with van der Waals surface area (Å²) in [6.07, 6.45) is 0. The fourth-order valence-corrected chi connectivity index (χ4v) is 4.55. The van der Waals surface area contributed by atoms with Gasteiger partial charge in [0.1, 0.15) is 11.6 Å². The molecule has 0 spiro atoms. The molecular weight excluding hydrogens is 373 g/mol. The maximum atomic E-state index is 14.1. The van der Waals surface area contributed by atoms with Crippen molar-refractivity contribution in [3.8, 4) is 0 Å². The fourth-order valence-electron chi connectivity index (χ4n) is 4.33. The summed E-state index contributed by atoms with van der Waals surface area (Å²) >= 11 is 6.15. The minimum absolute atomic E-state index is 0.0270. The van der Waals surface area contributed by atoms with Crippen LogP contribution in [0, 0.1) is 24.1 Å². The van der Waals surface area contributed by atoms with Crippen molar-refractivity contribution in [2.24, 2.45) is 11.3 Å². The van der Waals surface area contributed by atoms with Gasteiger partial charge in [-0.1, -0.05) is 22.8 Å². The molecule has 2 aliphatic rings. The zero-order valence-electron chi connectivity index (χ0n) is 15.0. The molecule has 8 heteroatoms. The van der Waals surface area contributed by atoms with E-state index in [2.05, 4.69) is 10.1 Å². The Morgan fingerprint density at radius 1 is 1.44 bits per heavy atom. The van der Waals surface area contributed by atoms with E-state index in [-0.39, 0.29) is 29.9 Å². The van der Waals surface area contributed by atoms with Crippen molar-refractivity contribution in [2.75, 3.05) is 32.8 Å². The third-order valence-corrected chi connectivity index (χ3v) is 6.08. The number of rotatable bonds is 4. The number of aromatic nitrogens is 1. The lowest BCUT2D eigenvalue weighted by Crippen LogP contribution is -2.39. The summed E-state index contributed by atoms with van der Waals surface area (Å²) in [6.45, 7) is 4.34. The Labute approximate surface area is 161 Å². The molecule has 144 valence electrons. The lowest BCUT2D eigenvalue weighted by molar-refractivity contribution is 0.0709. The van der Waals surface area contributed by atoms with E-state index in [1.807, 2.05) is 0 Å². The second kappa shape index (κ2) is 6.89. The van der Waals surface area contributed by atoms with Gasteiger partial charge in [0.2, 0.25) is 0 Å². The molecule has 1 aromatic carbocycles. The Morgan fingerprint density at radius 2 is 2.26 bits per heavy atom. The van der Waals surface area contributed by atoms with Crippen LogP contribution in [0.3, 0.4) is 0 Å². The van der Waals surface area contributed by atoms with E-state index in [0.717, 1.165) is 0 Å². The van der Waals surface area contributed by atoms with Crippen LogP contribution in [-0.4, -0.2) is 58.8 Å². The highest BCUT2D eigenvalue weighted by Crippen LogP contribution is 2.43. The summed E-state index contributed by atoms with van der Waals surface area (Å²) in [6, 6.07) is 6.29. The molecule has 2 fully saturated rings. The molecule has 4 rings (SSSR count). The maximum absolute atomic E-state index is 14.1. The minimum Gasteiger partial charge on any atom is -0.396 e. The number of halogens is 2. The third-order valence-electron chi connectivity index (χ3n) is 5.72. The van der Waals surface area contributed by atoms with E-state index in [1.54, 1.807) is 30.0 Å². The molecule has 0 aliphatic carbocycles. The molecule has 6 nitrogen and oxygen atoms in total. The number of aryl methyl sites for hydroxylation is 1. The molecule has 0 radical (unpaired) electrons. The largest absolute Gasteiger partial charge is 0.396 e. The number of benzene rings is 1. The summed E-state index contributed by atoms with van der Waals surface area (Å²) < 4.78 is 19.1. The predicted octanol–water partition coefficient (Wildman–Crippen LogP) is 2.34. The number of likely N-dealkylation sites (tertiary alicyclic amines) is 2. The summed E-state index contributed by atoms with van der Waals surface area (Å²) in [5.74, 6) is 0.195. The van der Waals surface area contributed by atoms with Gasteiger partial charge in [0.25, 0.3) is 5.91 Å². The van der Waals surface area contributed by atoms with Gasteiger partial charge >= 0.3 is 0 Å². The van der Waals surface area contributed by atoms with Crippen molar-refractivity contribution in [1.29, 1.82) is 0 Å². The van der Waals surface area contributed by atoms with Crippen LogP contribution in [0.25, 0.3) is 0 Å². The zero-order valence-corrected chi connectivity index (χ0v) is 15.7. The first-order valence-corrected chi connectivity index (χ1v) is 9.28. The highest BCUT2D eigenvalue weighted by Gasteiger charge is 2.53. The third kappa shape index (κ3) is 3.24. The average Bonchev–Trinajstić information content (AvgIpc) is 3.30. The molecule has 2 unspecified atom stereocenters. The van der Waals surface area contributed by atoms with Crippen LogP contribution in [0.4, 0.5) is 4.39 Å². The Morgan fingerprint density at radius 3 is 2.89 bits per heavy atom. The van der Waals surface area contributed by atoms with Gasteiger partial charge in [0.15, 0.2) is 5.69 Å². The van der Waals surface area contributed by atoms with Crippen molar-refractivity contribution in [2.45, 2.75) is 13.5 Å². The molecule has 2 saturated heterocycles. The molecular formula is C19H21ClFN3O3. The van der Waals surface area contributed by atoms with Gasteiger partial charge in [-0.2, -0.15) is 0 Å². The molecule has 3 heterocycles. The smallest absolute Gasteiger partial charge is 0.276 e. The van der Waals surface area contributed by atoms with E-state index in [9.17, 15) is 14.3 Å². The molecule has 1 N–H and O–H groups in total. The summed E-state index contributed by atoms with van der Waals surface area (Å²) in [4.78, 5) is 16.5. The van der Waals surface area contributed by atoms with E-state index in [0.29, 0.717) is 49.1 Å². The van der Waals surface area contributed by atoms with Crippen LogP contribution in [-0.2, 0) is 6.54 Å². The van der Waals surface area contributed by atoms with Crippen molar-refractivity contribution < 1.29 is 18.8 Å². The maximum Gasteiger partial charge on any atom is 0.276 e. The van der Waals surface area contributed by atoms with Crippen LogP contribution < -0.4 is 0 Å². The Balaban J connectivity index is 1.48. The van der Waals surface area contributed by atoms with Crippen LogP contribution in [0.1, 0.15) is 21.8 Å². The Bertz CT molecular complexity index is 853. The number of aliphatic hydroxyl groups excluding tert-OH is 1. The van der Waals surface area contributed by atoms with Crippen LogP contribution in [0.15, 0.2) is 28.8 Å². The first-order chi connectivity index (χ1) is 12.9. The number of carbonyl (C=O) groups is 1. The lowest BCUT2D eigenvalue weighted by atomic mass is 9.82. The Hall–Kier alpha value is -1.96. The number of carbonyl (C=O) groups excluding carboxylic acids is 1. The molecule has 0 saturated carbocycles. The van der Waals surface area contributed by atoms with Crippen LogP contribution in [0.2, 0.25) is 5.02 Å². The highest BCUT2D eigenvalue weighted by atomic mass is 35.5. The molecule has 0 bridgehead atoms. The quantitative estimate of drug-likeness (QED) is 0.863. The zero-order chi connectivity index (χ0) is 19.2. The standard InChI is InChI=1S/C19H21ClFN3O3/c1-12-5-17(22-27-12)18(26)24-7-13-6-23(9-19(13,10-24)11-25)8-14-15(20)3-2-4-16(14)21/h2-5,13,25H,6-11H2,1H3. The van der Waals surface area contributed by atoms with Crippen LogP contribution in [0.5, 0.6) is 0 Å². The number of fused-ring (bicyclic) bond motifs is 1. The second-order valence-electron chi connectivity index (χ2n) is 7.60. The Kier molecular flexibility index (Phi) is 4.70. The number of amides is 1. The van der Waals surface area contributed by atoms with Gasteiger partial charge in [0.05, 0.1) is 6.61 Å². The molecule has 1 amide bonds. The average molecular weight is 394 g/mol. The first-order valence-electron chi connectivity index (χ1n) is 8.90. The van der Waals surface area contributed by atoms with Gasteiger partial charge in [-0.15, -0.1) is 0 Å². The first kappa shape index (κ1) is 18.4. The number of hydrogen-bond acceptors (Lipinski definition) is 5. The lowest BCUT2D eigenvalue weighted by Gasteiger charge is -2.27. The number of hydrogen-bond donors (Lipinski definition) is 1. The van der Waals surface area contributed by atoms with E-state index in [1.165, 1.54) is 6.07 Å². The number of aliphatic hydroxyl groups is 1. The number of nitrogens with zero attached hydrogens (tertiary/aromatic N) is 3. The molecule has 2 aliphatic heterocycles. The normalized spacial score (nSPS) is 25.2. The summed E-state index contributed by atoms with van der Waals surface area (Å²) in [7, 11) is 0. The minimum atomic E-state index is -0.411. The predicted molar refractivity (Wildman–Crippen MR) is 96.8 cm³/mol. The van der Waals surface area contributed by atoms with E-state index < -0.39 is 5.41 Å². The second-order valence-corrected chi connectivity index (χ2v) is 8.00. The van der Waals surface area contributed by atoms with Gasteiger partial charge in [-0.05, 0) is 25.0 Å². The molecule has 2 aromatic rings. The SMILES string of the molecule is Cc1cc(C(=O)N2CC3CN(Cc4c(F)cccc4Cl)CC3(CO)C2)no1. The summed E-state index contributed by atoms with van der Waals surface area (Å²) in [5.41, 5.74) is 0.348. The van der Waals surface area contributed by atoms with E-state index in [4.69, 9.17) is 16.1 Å². The van der Waals surface area contributed by atoms with Crippen molar-refractivity contribution >= 4 is 17.5 Å². The van der Waals surface area contributed by atoms with Gasteiger partial charge in [-0.25, -0.2) is 4.39 Å². The van der Waals surface area contributed by atoms with E-state index >= 15 is 0 Å². The fraction of sp³-hybridized carbons (Fsp3) is 0.474. The van der Waals surface area contributed by atoms with Crippen molar-refractivity contribution in [3.05, 3.63) is 52.1 Å². The van der Waals surface area contributed by atoms with Gasteiger partial charge in [0, 0.05) is 54.8 Å². The monoisotopic (exact) mass is 393 g/mol. The van der Waals surface area contributed by atoms with Crippen LogP contribution >= 0.6 is 11.6 Å². The van der Waals surface area contributed by atoms with Gasteiger partial charge in [-0.3, -0.25) is 9.69 Å². The van der Waals surface area contributed by atoms with Gasteiger partial charge < -0.3 is 14.5 Å². The van der Waals surface area contributed by atoms with Crippen molar-refractivity contribution in [1.82, 2.24) is 15.0 Å². The molecule has 2 atom stereocenters. The molecule has 27 heavy (non-hydrogen) atoms. The highest BCUT2D eigenvalue weighted by molar-refractivity contribution is 6.31. The molecule has 1 aromatic heterocycles. The topological polar surface area (TPSA) is 69.8 Å². The summed E-state index contributed by atoms with van der Waals surface area (Å²) in [5, 5.41) is 14.3. The van der Waals surface area contributed by atoms with Crippen molar-refractivity contribution in [3.63, 3.8) is 0 Å².